The van der Waals surface area contributed by atoms with Gasteiger partial charge in [0.05, 0.1) is 6.10 Å². The molecule has 0 saturated heterocycles. The zero-order valence-corrected chi connectivity index (χ0v) is 11.6. The summed E-state index contributed by atoms with van der Waals surface area (Å²) in [5.74, 6) is -6.21. The van der Waals surface area contributed by atoms with Crippen molar-refractivity contribution in [1.82, 2.24) is 0 Å². The summed E-state index contributed by atoms with van der Waals surface area (Å²) in [7, 11) is -6.78. The highest BCUT2D eigenvalue weighted by molar-refractivity contribution is 7.87. The third-order valence-electron chi connectivity index (χ3n) is 2.40. The molecule has 0 aliphatic heterocycles. The largest absolute Gasteiger partial charge is 0.434 e. The second-order valence-corrected chi connectivity index (χ2v) is 5.73. The van der Waals surface area contributed by atoms with Crippen LogP contribution >= 0.6 is 0 Å². The van der Waals surface area contributed by atoms with Crippen molar-refractivity contribution in [3.63, 3.8) is 0 Å². The molecule has 1 N–H and O–H groups in total. The molecule has 0 aliphatic carbocycles. The van der Waals surface area contributed by atoms with E-state index in [1.165, 1.54) is 6.92 Å². The molecule has 0 amide bonds. The van der Waals surface area contributed by atoms with Crippen LogP contribution in [0.2, 0.25) is 0 Å². The Morgan fingerprint density at radius 3 is 1.77 bits per heavy atom. The van der Waals surface area contributed by atoms with Crippen LogP contribution < -0.4 is 0 Å². The topological polar surface area (TPSA) is 63.6 Å². The molecule has 0 aromatic carbocycles. The van der Waals surface area contributed by atoms with Crippen molar-refractivity contribution in [1.29, 1.82) is 0 Å². The molecular formula is C10H17F7O4S. The van der Waals surface area contributed by atoms with E-state index in [0.29, 0.717) is 0 Å². The van der Waals surface area contributed by atoms with E-state index < -0.39 is 39.7 Å². The Balaban J connectivity index is 0. The average Bonchev–Trinajstić information content (AvgIpc) is 2.22. The number of hydrogen-bond acceptors (Lipinski definition) is 3. The van der Waals surface area contributed by atoms with Gasteiger partial charge in [-0.1, -0.05) is 20.8 Å². The van der Waals surface area contributed by atoms with E-state index in [-0.39, 0.29) is 20.3 Å². The fraction of sp³-hybridized carbons (Fsp3) is 1.00. The van der Waals surface area contributed by atoms with Gasteiger partial charge >= 0.3 is 27.5 Å². The van der Waals surface area contributed by atoms with Gasteiger partial charge in [-0.2, -0.15) is 39.2 Å². The van der Waals surface area contributed by atoms with Gasteiger partial charge < -0.3 is 4.74 Å². The van der Waals surface area contributed by atoms with E-state index in [4.69, 9.17) is 4.55 Å². The lowest BCUT2D eigenvalue weighted by Crippen LogP contribution is -2.60. The molecule has 0 spiro atoms. The van der Waals surface area contributed by atoms with Gasteiger partial charge in [0.15, 0.2) is 0 Å². The summed E-state index contributed by atoms with van der Waals surface area (Å²) < 4.78 is 123. The van der Waals surface area contributed by atoms with E-state index in [2.05, 4.69) is 4.74 Å². The summed E-state index contributed by atoms with van der Waals surface area (Å²) in [5, 5.41) is -6.36. The quantitative estimate of drug-likeness (QED) is 0.549. The molecule has 0 bridgehead atoms. The van der Waals surface area contributed by atoms with Gasteiger partial charge in [-0.3, -0.25) is 4.55 Å². The molecule has 0 aromatic heterocycles. The SMILES string of the molecule is C.CCCC(C)OC(C(F)(F)F)C(F)(F)C(F)(F)S(=O)(=O)O. The summed E-state index contributed by atoms with van der Waals surface area (Å²) in [6.45, 7) is 2.41. The van der Waals surface area contributed by atoms with E-state index in [1.807, 2.05) is 0 Å². The van der Waals surface area contributed by atoms with Crippen LogP contribution in [-0.4, -0.2) is 42.5 Å². The summed E-state index contributed by atoms with van der Waals surface area (Å²) in [5.41, 5.74) is 0. The maximum absolute atomic E-state index is 13.3. The second kappa shape index (κ2) is 7.30. The Morgan fingerprint density at radius 1 is 1.09 bits per heavy atom. The molecule has 0 heterocycles. The lowest BCUT2D eigenvalue weighted by molar-refractivity contribution is -0.326. The normalized spacial score (nSPS) is 16.8. The van der Waals surface area contributed by atoms with E-state index in [1.54, 1.807) is 0 Å². The van der Waals surface area contributed by atoms with Crippen molar-refractivity contribution in [2.75, 3.05) is 0 Å². The highest BCUT2D eigenvalue weighted by atomic mass is 32.2. The molecule has 0 fully saturated rings. The Labute approximate surface area is 123 Å². The number of alkyl halides is 7. The highest BCUT2D eigenvalue weighted by Crippen LogP contribution is 2.47. The fourth-order valence-corrected chi connectivity index (χ4v) is 1.85. The molecule has 0 saturated carbocycles. The monoisotopic (exact) mass is 366 g/mol. The van der Waals surface area contributed by atoms with Crippen molar-refractivity contribution in [2.45, 2.75) is 63.7 Å². The third-order valence-corrected chi connectivity index (χ3v) is 3.32. The first-order valence-corrected chi connectivity index (χ1v) is 6.97. The minimum absolute atomic E-state index is 0. The molecule has 0 aliphatic rings. The van der Waals surface area contributed by atoms with Gasteiger partial charge in [0.25, 0.3) is 0 Å². The fourth-order valence-electron chi connectivity index (χ4n) is 1.40. The van der Waals surface area contributed by atoms with Gasteiger partial charge in [0, 0.05) is 0 Å². The van der Waals surface area contributed by atoms with Crippen LogP contribution in [-0.2, 0) is 14.9 Å². The maximum Gasteiger partial charge on any atom is 0.434 e. The Kier molecular flexibility index (Phi) is 7.85. The van der Waals surface area contributed by atoms with Crippen LogP contribution in [0, 0.1) is 0 Å². The molecule has 2 unspecified atom stereocenters. The maximum atomic E-state index is 13.3. The summed E-state index contributed by atoms with van der Waals surface area (Å²) in [4.78, 5) is 0. The molecule has 12 heteroatoms. The minimum atomic E-state index is -6.78. The van der Waals surface area contributed by atoms with Crippen LogP contribution in [0.1, 0.15) is 34.1 Å². The number of hydrogen-bond donors (Lipinski definition) is 1. The second-order valence-electron chi connectivity index (χ2n) is 4.27. The first-order valence-electron chi connectivity index (χ1n) is 5.53. The van der Waals surface area contributed by atoms with E-state index in [9.17, 15) is 39.2 Å². The molecule has 0 radical (unpaired) electrons. The first kappa shape index (κ1) is 23.6. The first-order chi connectivity index (χ1) is 9.09. The van der Waals surface area contributed by atoms with Crippen molar-refractivity contribution in [3.8, 4) is 0 Å². The molecule has 136 valence electrons. The van der Waals surface area contributed by atoms with E-state index >= 15 is 0 Å². The lowest BCUT2D eigenvalue weighted by atomic mass is 10.1. The lowest BCUT2D eigenvalue weighted by Gasteiger charge is -2.33. The van der Waals surface area contributed by atoms with Gasteiger partial charge in [-0.15, -0.1) is 0 Å². The van der Waals surface area contributed by atoms with Crippen molar-refractivity contribution >= 4 is 10.1 Å². The van der Waals surface area contributed by atoms with Crippen LogP contribution in [0.15, 0.2) is 0 Å². The standard InChI is InChI=1S/C9H13F7O4S.CH4/c1-3-4-5(2)20-6(8(12,13)14)7(10,11)9(15,16)21(17,18)19;/h5-6H,3-4H2,1-2H3,(H,17,18,19);1H4. The molecular weight excluding hydrogens is 349 g/mol. The summed E-state index contributed by atoms with van der Waals surface area (Å²) in [6.07, 6.45) is -11.8. The predicted molar refractivity (Wildman–Crippen MR) is 63.5 cm³/mol. The van der Waals surface area contributed by atoms with Crippen LogP contribution in [0.3, 0.4) is 0 Å². The van der Waals surface area contributed by atoms with Gasteiger partial charge in [-0.25, -0.2) is 0 Å². The number of rotatable bonds is 7. The molecule has 22 heavy (non-hydrogen) atoms. The number of halogens is 7. The third kappa shape index (κ3) is 4.95. The molecule has 0 rings (SSSR count). The van der Waals surface area contributed by atoms with Crippen molar-refractivity contribution < 1.29 is 48.4 Å². The smallest absolute Gasteiger partial charge is 0.360 e. The van der Waals surface area contributed by atoms with E-state index in [0.717, 1.165) is 6.92 Å². The Bertz CT molecular complexity index is 447. The average molecular weight is 366 g/mol. The number of ether oxygens (including phenoxy) is 1. The highest BCUT2D eigenvalue weighted by Gasteiger charge is 2.75. The van der Waals surface area contributed by atoms with Gasteiger partial charge in [0.2, 0.25) is 6.10 Å². The van der Waals surface area contributed by atoms with Crippen molar-refractivity contribution in [3.05, 3.63) is 0 Å². The Hall–Kier alpha value is -0.620. The molecule has 0 aromatic rings. The van der Waals surface area contributed by atoms with Gasteiger partial charge in [-0.05, 0) is 13.3 Å². The zero-order valence-electron chi connectivity index (χ0n) is 10.8. The van der Waals surface area contributed by atoms with Crippen LogP contribution in [0.25, 0.3) is 0 Å². The minimum Gasteiger partial charge on any atom is -0.360 e. The predicted octanol–water partition coefficient (Wildman–Crippen LogP) is 3.87. The zero-order chi connectivity index (χ0) is 17.3. The van der Waals surface area contributed by atoms with Crippen LogP contribution in [0.4, 0.5) is 30.7 Å². The summed E-state index contributed by atoms with van der Waals surface area (Å²) >= 11 is 0. The summed E-state index contributed by atoms with van der Waals surface area (Å²) in [6, 6.07) is 0. The molecule has 2 atom stereocenters. The molecule has 4 nitrogen and oxygen atoms in total. The van der Waals surface area contributed by atoms with Crippen LogP contribution in [0.5, 0.6) is 0 Å². The van der Waals surface area contributed by atoms with Crippen molar-refractivity contribution in [2.24, 2.45) is 0 Å². The van der Waals surface area contributed by atoms with Gasteiger partial charge in [0.1, 0.15) is 0 Å². The Morgan fingerprint density at radius 2 is 1.50 bits per heavy atom.